The molecule has 0 fully saturated rings. The van der Waals surface area contributed by atoms with Crippen LogP contribution in [0.5, 0.6) is 11.5 Å². The van der Waals surface area contributed by atoms with Crippen molar-refractivity contribution in [3.05, 3.63) is 95.6 Å². The molecule has 0 saturated heterocycles. The number of terminal acetylenes is 1. The predicted molar refractivity (Wildman–Crippen MR) is 138 cm³/mol. The maximum atomic E-state index is 5.70. The maximum Gasteiger partial charge on any atom is 0.162 e. The van der Waals surface area contributed by atoms with Gasteiger partial charge in [-0.2, -0.15) is 0 Å². The van der Waals surface area contributed by atoms with E-state index in [-0.39, 0.29) is 12.6 Å². The zero-order valence-electron chi connectivity index (χ0n) is 19.3. The van der Waals surface area contributed by atoms with Crippen LogP contribution in [0.25, 0.3) is 0 Å². The fourth-order valence-electron chi connectivity index (χ4n) is 4.90. The van der Waals surface area contributed by atoms with Crippen LogP contribution in [0, 0.1) is 18.3 Å². The minimum Gasteiger partial charge on any atom is -0.490 e. The highest BCUT2D eigenvalue weighted by Gasteiger charge is 2.37. The Bertz CT molecular complexity index is 1250. The van der Waals surface area contributed by atoms with Crippen LogP contribution < -0.4 is 14.8 Å². The molecule has 3 aromatic rings. The van der Waals surface area contributed by atoms with Crippen molar-refractivity contribution in [1.82, 2.24) is 0 Å². The Labute approximate surface area is 201 Å². The highest BCUT2D eigenvalue weighted by Crippen LogP contribution is 2.49. The summed E-state index contributed by atoms with van der Waals surface area (Å²) in [7, 11) is 0. The number of nitrogens with zero attached hydrogens (tertiary/aromatic N) is 1. The summed E-state index contributed by atoms with van der Waals surface area (Å²) in [4.78, 5) is 4.67. The van der Waals surface area contributed by atoms with Crippen LogP contribution >= 0.6 is 0 Å². The number of para-hydroxylation sites is 1. The molecule has 0 aromatic heterocycles. The van der Waals surface area contributed by atoms with E-state index in [1.165, 1.54) is 16.8 Å². The van der Waals surface area contributed by atoms with E-state index in [1.54, 1.807) is 0 Å². The molecule has 0 unspecified atom stereocenters. The fourth-order valence-corrected chi connectivity index (χ4v) is 4.90. The summed E-state index contributed by atoms with van der Waals surface area (Å²) < 4.78 is 11.3. The van der Waals surface area contributed by atoms with Gasteiger partial charge in [-0.1, -0.05) is 48.4 Å². The molecule has 5 rings (SSSR count). The first kappa shape index (κ1) is 21.9. The second kappa shape index (κ2) is 9.89. The molecule has 4 nitrogen and oxygen atoms in total. The number of rotatable bonds is 7. The Morgan fingerprint density at radius 2 is 1.91 bits per heavy atom. The largest absolute Gasteiger partial charge is 0.490 e. The Hall–Kier alpha value is -3.97. The number of allylic oxidation sites excluding steroid dienone is 2. The standard InChI is InChI=1S/C30H28N2O2/c1-3-18-34-28-17-12-21(19-29(28)33-4-2)20-31-23-15-13-22(14-16-23)30-26-10-7-9-24(26)25-8-5-6-11-27(25)32-30/h1,5-9,11-17,19-20,24,26,30,32H,4,10,18H2,2H3/t24-,26-,30-/m0/s1. The van der Waals surface area contributed by atoms with Gasteiger partial charge in [-0.25, -0.2) is 0 Å². The number of aliphatic imine (C=N–C) groups is 1. The SMILES string of the molecule is C#CCOc1ccc(C=Nc2ccc([C@@H]3Nc4ccccc4[C@@H]4C=CC[C@@H]43)cc2)cc1OCC. The van der Waals surface area contributed by atoms with Gasteiger partial charge in [0.25, 0.3) is 0 Å². The monoisotopic (exact) mass is 448 g/mol. The zero-order chi connectivity index (χ0) is 23.3. The predicted octanol–water partition coefficient (Wildman–Crippen LogP) is 6.67. The maximum absolute atomic E-state index is 5.70. The van der Waals surface area contributed by atoms with Crippen molar-refractivity contribution in [3.63, 3.8) is 0 Å². The number of benzene rings is 3. The lowest BCUT2D eigenvalue weighted by atomic mass is 9.77. The first-order valence-corrected chi connectivity index (χ1v) is 11.8. The molecule has 1 N–H and O–H groups in total. The van der Waals surface area contributed by atoms with Gasteiger partial charge in [0.1, 0.15) is 6.61 Å². The molecule has 34 heavy (non-hydrogen) atoms. The van der Waals surface area contributed by atoms with E-state index in [9.17, 15) is 0 Å². The molecule has 0 spiro atoms. The summed E-state index contributed by atoms with van der Waals surface area (Å²) in [5.41, 5.74) is 5.78. The van der Waals surface area contributed by atoms with Gasteiger partial charge in [0.05, 0.1) is 18.3 Å². The molecule has 1 aliphatic heterocycles. The Kier molecular flexibility index (Phi) is 6.35. The Morgan fingerprint density at radius 3 is 2.74 bits per heavy atom. The lowest BCUT2D eigenvalue weighted by molar-refractivity contribution is 0.299. The summed E-state index contributed by atoms with van der Waals surface area (Å²) >= 11 is 0. The second-order valence-electron chi connectivity index (χ2n) is 8.54. The average molecular weight is 449 g/mol. The molecule has 3 atom stereocenters. The van der Waals surface area contributed by atoms with Gasteiger partial charge in [0, 0.05) is 17.8 Å². The second-order valence-corrected chi connectivity index (χ2v) is 8.54. The number of anilines is 1. The Balaban J connectivity index is 1.32. The van der Waals surface area contributed by atoms with E-state index < -0.39 is 0 Å². The highest BCUT2D eigenvalue weighted by molar-refractivity contribution is 5.83. The molecule has 0 radical (unpaired) electrons. The van der Waals surface area contributed by atoms with Gasteiger partial charge in [0.2, 0.25) is 0 Å². The van der Waals surface area contributed by atoms with Crippen LogP contribution in [0.2, 0.25) is 0 Å². The van der Waals surface area contributed by atoms with Gasteiger partial charge >= 0.3 is 0 Å². The lowest BCUT2D eigenvalue weighted by Gasteiger charge is -2.37. The molecule has 1 aliphatic carbocycles. The molecule has 0 bridgehead atoms. The number of nitrogens with one attached hydrogen (secondary N) is 1. The van der Waals surface area contributed by atoms with Gasteiger partial charge in [-0.15, -0.1) is 6.42 Å². The van der Waals surface area contributed by atoms with Gasteiger partial charge in [-0.05, 0) is 72.4 Å². The third-order valence-electron chi connectivity index (χ3n) is 6.47. The number of hydrogen-bond donors (Lipinski definition) is 1. The minimum atomic E-state index is 0.207. The minimum absolute atomic E-state index is 0.207. The molecule has 0 saturated carbocycles. The summed E-state index contributed by atoms with van der Waals surface area (Å²) in [6, 6.07) is 23.2. The summed E-state index contributed by atoms with van der Waals surface area (Å²) in [5, 5.41) is 3.78. The van der Waals surface area contributed by atoms with Gasteiger partial charge in [-0.3, -0.25) is 4.99 Å². The molecular weight excluding hydrogens is 420 g/mol. The van der Waals surface area contributed by atoms with Crippen molar-refractivity contribution in [2.24, 2.45) is 10.9 Å². The summed E-state index contributed by atoms with van der Waals surface area (Å²) in [6.45, 7) is 2.70. The van der Waals surface area contributed by atoms with Crippen LogP contribution in [0.15, 0.2) is 83.9 Å². The van der Waals surface area contributed by atoms with Gasteiger partial charge < -0.3 is 14.8 Å². The number of fused-ring (bicyclic) bond motifs is 3. The Morgan fingerprint density at radius 1 is 1.06 bits per heavy atom. The quantitative estimate of drug-likeness (QED) is 0.249. The van der Waals surface area contributed by atoms with E-state index in [4.69, 9.17) is 15.9 Å². The average Bonchev–Trinajstić information content (AvgIpc) is 3.37. The van der Waals surface area contributed by atoms with Crippen LogP contribution in [0.1, 0.15) is 42.0 Å². The topological polar surface area (TPSA) is 42.8 Å². The first-order chi connectivity index (χ1) is 16.8. The van der Waals surface area contributed by atoms with E-state index in [2.05, 4.69) is 76.9 Å². The van der Waals surface area contributed by atoms with Crippen molar-refractivity contribution in [1.29, 1.82) is 0 Å². The van der Waals surface area contributed by atoms with Crippen molar-refractivity contribution in [2.45, 2.75) is 25.3 Å². The molecular formula is C30H28N2O2. The molecule has 3 aromatic carbocycles. The third kappa shape index (κ3) is 4.43. The van der Waals surface area contributed by atoms with Gasteiger partial charge in [0.15, 0.2) is 11.5 Å². The smallest absolute Gasteiger partial charge is 0.162 e. The van der Waals surface area contributed by atoms with Crippen molar-refractivity contribution in [3.8, 4) is 23.8 Å². The highest BCUT2D eigenvalue weighted by atomic mass is 16.5. The van der Waals surface area contributed by atoms with E-state index in [0.717, 1.165) is 17.7 Å². The first-order valence-electron chi connectivity index (χ1n) is 11.8. The number of ether oxygens (including phenoxy) is 2. The summed E-state index contributed by atoms with van der Waals surface area (Å²) in [6.07, 6.45) is 12.9. The molecule has 4 heteroatoms. The zero-order valence-corrected chi connectivity index (χ0v) is 19.3. The summed E-state index contributed by atoms with van der Waals surface area (Å²) in [5.74, 6) is 4.81. The van der Waals surface area contributed by atoms with E-state index >= 15 is 0 Å². The molecule has 1 heterocycles. The van der Waals surface area contributed by atoms with E-state index in [0.29, 0.717) is 29.9 Å². The molecule has 170 valence electrons. The molecule has 2 aliphatic rings. The molecule has 0 amide bonds. The van der Waals surface area contributed by atoms with Crippen LogP contribution in [0.3, 0.4) is 0 Å². The third-order valence-corrected chi connectivity index (χ3v) is 6.47. The van der Waals surface area contributed by atoms with Crippen LogP contribution in [-0.2, 0) is 0 Å². The van der Waals surface area contributed by atoms with Crippen LogP contribution in [-0.4, -0.2) is 19.4 Å². The normalized spacial score (nSPS) is 20.3. The van der Waals surface area contributed by atoms with Crippen LogP contribution in [0.4, 0.5) is 11.4 Å². The van der Waals surface area contributed by atoms with E-state index in [1.807, 2.05) is 31.3 Å². The van der Waals surface area contributed by atoms with Crippen molar-refractivity contribution >= 4 is 17.6 Å². The fraction of sp³-hybridized carbons (Fsp3) is 0.233. The lowest BCUT2D eigenvalue weighted by Crippen LogP contribution is -2.28. The number of hydrogen-bond acceptors (Lipinski definition) is 4. The van der Waals surface area contributed by atoms with Crippen molar-refractivity contribution < 1.29 is 9.47 Å². The van der Waals surface area contributed by atoms with Crippen molar-refractivity contribution in [2.75, 3.05) is 18.5 Å².